The molecule has 0 aromatic carbocycles. The minimum Gasteiger partial charge on any atom is -0.748 e. The first-order chi connectivity index (χ1) is 8.94. The molecule has 0 N–H and O–H groups in total. The fourth-order valence-corrected chi connectivity index (χ4v) is 1.92. The maximum absolute atomic E-state index is 10.5. The Balaban J connectivity index is 2.12. The summed E-state index contributed by atoms with van der Waals surface area (Å²) in [5.74, 6) is -0.465. The van der Waals surface area contributed by atoms with E-state index in [1.807, 2.05) is 19.1 Å². The van der Waals surface area contributed by atoms with E-state index < -0.39 is 15.9 Å². The van der Waals surface area contributed by atoms with Crippen LogP contribution in [0.25, 0.3) is 11.3 Å². The molecule has 0 spiro atoms. The first-order valence-electron chi connectivity index (χ1n) is 5.66. The van der Waals surface area contributed by atoms with Crippen LogP contribution in [0.3, 0.4) is 0 Å². The Morgan fingerprint density at radius 2 is 2.05 bits per heavy atom. The van der Waals surface area contributed by atoms with Gasteiger partial charge in [0.15, 0.2) is 12.7 Å². The molecule has 0 unspecified atom stereocenters. The second kappa shape index (κ2) is 5.41. The summed E-state index contributed by atoms with van der Waals surface area (Å²) in [4.78, 5) is 4.27. The second-order valence-electron chi connectivity index (χ2n) is 4.16. The zero-order valence-electron chi connectivity index (χ0n) is 10.4. The summed E-state index contributed by atoms with van der Waals surface area (Å²) in [5.41, 5.74) is 2.70. The third-order valence-corrected chi connectivity index (χ3v) is 3.23. The fourth-order valence-electron chi connectivity index (χ4n) is 1.51. The van der Waals surface area contributed by atoms with Crippen LogP contribution in [0.15, 0.2) is 36.8 Å². The number of aryl methyl sites for hydroxylation is 2. The fraction of sp³-hybridized carbons (Fsp3) is 0.250. The lowest BCUT2D eigenvalue weighted by atomic mass is 10.2. The van der Waals surface area contributed by atoms with Crippen molar-refractivity contribution in [2.24, 2.45) is 0 Å². The van der Waals surface area contributed by atoms with Crippen molar-refractivity contribution in [3.8, 4) is 11.3 Å². The van der Waals surface area contributed by atoms with E-state index in [9.17, 15) is 13.0 Å². The molecule has 19 heavy (non-hydrogen) atoms. The summed E-state index contributed by atoms with van der Waals surface area (Å²) in [6.45, 7) is 2.00. The Morgan fingerprint density at radius 3 is 2.58 bits per heavy atom. The van der Waals surface area contributed by atoms with Crippen molar-refractivity contribution >= 4 is 10.1 Å². The van der Waals surface area contributed by atoms with Gasteiger partial charge in [-0.15, -0.1) is 0 Å². The zero-order chi connectivity index (χ0) is 13.9. The van der Waals surface area contributed by atoms with Gasteiger partial charge in [-0.2, -0.15) is 0 Å². The highest BCUT2D eigenvalue weighted by molar-refractivity contribution is 7.85. The summed E-state index contributed by atoms with van der Waals surface area (Å²) >= 11 is 0. The molecule has 6 nitrogen and oxygen atoms in total. The summed E-state index contributed by atoms with van der Waals surface area (Å²) in [5, 5.41) is 4.05. The Kier molecular flexibility index (Phi) is 3.87. The van der Waals surface area contributed by atoms with Gasteiger partial charge < -0.3 is 4.55 Å². The van der Waals surface area contributed by atoms with Gasteiger partial charge in [0.2, 0.25) is 0 Å². The summed E-state index contributed by atoms with van der Waals surface area (Å²) in [7, 11) is -4.21. The zero-order valence-corrected chi connectivity index (χ0v) is 11.2. The molecule has 0 bridgehead atoms. The van der Waals surface area contributed by atoms with Gasteiger partial charge in [0.05, 0.1) is 11.4 Å². The number of hydrogen-bond acceptors (Lipinski definition) is 5. The molecular weight excluding hydrogens is 266 g/mol. The Labute approximate surface area is 111 Å². The molecular formula is C12H13N3O3S. The van der Waals surface area contributed by atoms with Gasteiger partial charge in [-0.1, -0.05) is 10.7 Å². The number of rotatable bonds is 4. The molecule has 0 radical (unpaired) electrons. The molecule has 100 valence electrons. The lowest BCUT2D eigenvalue weighted by Crippen LogP contribution is -2.40. The summed E-state index contributed by atoms with van der Waals surface area (Å²) in [6.07, 6.45) is 4.98. The number of pyridine rings is 1. The molecule has 0 fully saturated rings. The van der Waals surface area contributed by atoms with Gasteiger partial charge in [-0.3, -0.25) is 4.98 Å². The highest BCUT2D eigenvalue weighted by Gasteiger charge is 2.07. The van der Waals surface area contributed by atoms with E-state index in [2.05, 4.69) is 10.1 Å². The van der Waals surface area contributed by atoms with E-state index >= 15 is 0 Å². The summed E-state index contributed by atoms with van der Waals surface area (Å²) in [6, 6.07) is 5.62. The molecule has 2 aromatic rings. The van der Waals surface area contributed by atoms with Crippen molar-refractivity contribution in [3.63, 3.8) is 0 Å². The lowest BCUT2D eigenvalue weighted by Gasteiger charge is -2.03. The van der Waals surface area contributed by atoms with Gasteiger partial charge in [-0.25, -0.2) is 8.42 Å². The van der Waals surface area contributed by atoms with Gasteiger partial charge in [0, 0.05) is 17.8 Å². The van der Waals surface area contributed by atoms with Crippen LogP contribution in [-0.4, -0.2) is 28.8 Å². The molecule has 2 aromatic heterocycles. The molecule has 2 rings (SSSR count). The van der Waals surface area contributed by atoms with E-state index in [-0.39, 0.29) is 6.54 Å². The van der Waals surface area contributed by atoms with Crippen LogP contribution >= 0.6 is 0 Å². The van der Waals surface area contributed by atoms with E-state index in [1.165, 1.54) is 4.68 Å². The van der Waals surface area contributed by atoms with Crippen LogP contribution in [0.5, 0.6) is 0 Å². The van der Waals surface area contributed by atoms with Gasteiger partial charge >= 0.3 is 0 Å². The van der Waals surface area contributed by atoms with Gasteiger partial charge in [0.1, 0.15) is 16.3 Å². The van der Waals surface area contributed by atoms with Crippen molar-refractivity contribution < 1.29 is 17.7 Å². The third kappa shape index (κ3) is 4.08. The van der Waals surface area contributed by atoms with Crippen molar-refractivity contribution in [1.29, 1.82) is 0 Å². The monoisotopic (exact) mass is 279 g/mol. The predicted molar refractivity (Wildman–Crippen MR) is 67.0 cm³/mol. The van der Waals surface area contributed by atoms with Crippen LogP contribution in [0.1, 0.15) is 5.56 Å². The van der Waals surface area contributed by atoms with Crippen LogP contribution in [-0.2, 0) is 16.7 Å². The standard InChI is InChI=1S/C12H13N3O3S/c1-10-2-3-12(13-8-10)11-4-5-15(14-9-11)6-7-19(16,17)18/h2-5,8-9H,6-7H2,1H3. The molecule has 0 atom stereocenters. The van der Waals surface area contributed by atoms with Crippen LogP contribution in [0.2, 0.25) is 0 Å². The number of hydrogen-bond donors (Lipinski definition) is 0. The van der Waals surface area contributed by atoms with E-state index in [0.29, 0.717) is 0 Å². The van der Waals surface area contributed by atoms with E-state index in [4.69, 9.17) is 0 Å². The first kappa shape index (κ1) is 13.6. The minimum absolute atomic E-state index is 0.0490. The smallest absolute Gasteiger partial charge is 0.197 e. The average Bonchev–Trinajstić information content (AvgIpc) is 2.37. The predicted octanol–water partition coefficient (Wildman–Crippen LogP) is 0.285. The topological polar surface area (TPSA) is 86.9 Å². The molecule has 2 heterocycles. The van der Waals surface area contributed by atoms with Crippen LogP contribution in [0.4, 0.5) is 0 Å². The van der Waals surface area contributed by atoms with Gasteiger partial charge in [-0.05, 0) is 23.7 Å². The Hall–Kier alpha value is -1.86. The van der Waals surface area contributed by atoms with Crippen LogP contribution in [0, 0.1) is 6.92 Å². The van der Waals surface area contributed by atoms with Crippen LogP contribution < -0.4 is 4.68 Å². The minimum atomic E-state index is -4.21. The first-order valence-corrected chi connectivity index (χ1v) is 7.24. The normalized spacial score (nSPS) is 11.5. The number of aromatic nitrogens is 3. The Bertz CT molecular complexity index is 652. The molecule has 7 heteroatoms. The van der Waals surface area contributed by atoms with Crippen molar-refractivity contribution in [2.45, 2.75) is 13.5 Å². The van der Waals surface area contributed by atoms with Crippen molar-refractivity contribution in [3.05, 3.63) is 42.4 Å². The molecule has 0 amide bonds. The second-order valence-corrected chi connectivity index (χ2v) is 5.68. The van der Waals surface area contributed by atoms with Gasteiger partial charge in [0.25, 0.3) is 0 Å². The van der Waals surface area contributed by atoms with Crippen molar-refractivity contribution in [2.75, 3.05) is 5.75 Å². The molecule has 0 aliphatic heterocycles. The highest BCUT2D eigenvalue weighted by Crippen LogP contribution is 2.13. The largest absolute Gasteiger partial charge is 0.748 e. The molecule has 0 aliphatic rings. The third-order valence-electron chi connectivity index (χ3n) is 2.55. The molecule has 0 aliphatic carbocycles. The quantitative estimate of drug-likeness (QED) is 0.593. The maximum atomic E-state index is 10.5. The number of nitrogens with zero attached hydrogens (tertiary/aromatic N) is 3. The molecule has 0 saturated heterocycles. The Morgan fingerprint density at radius 1 is 1.26 bits per heavy atom. The van der Waals surface area contributed by atoms with E-state index in [0.717, 1.165) is 16.8 Å². The SMILES string of the molecule is Cc1ccc(-c2cc[n+](CCS(=O)(=O)[O-])nc2)nc1. The molecule has 0 saturated carbocycles. The average molecular weight is 279 g/mol. The van der Waals surface area contributed by atoms with Crippen molar-refractivity contribution in [1.82, 2.24) is 10.1 Å². The lowest BCUT2D eigenvalue weighted by molar-refractivity contribution is -0.750. The summed E-state index contributed by atoms with van der Waals surface area (Å²) < 4.78 is 33.0. The highest BCUT2D eigenvalue weighted by atomic mass is 32.2. The van der Waals surface area contributed by atoms with E-state index in [1.54, 1.807) is 24.7 Å². The maximum Gasteiger partial charge on any atom is 0.197 e.